The molecule has 0 saturated carbocycles. The van der Waals surface area contributed by atoms with Crippen molar-refractivity contribution >= 4 is 27.5 Å². The van der Waals surface area contributed by atoms with Crippen LogP contribution >= 0.6 is 11.3 Å². The SMILES string of the molecule is CCCOc1ccc(CNC(=O)CCn2cnc3sc(C)c(C)c3c2=O)cc1OC. The standard InChI is InChI=1S/C22H27N3O4S/c1-5-10-29-17-7-6-16(11-18(17)28-4)12-23-19(26)8-9-25-13-24-21-20(22(25)27)14(2)15(3)30-21/h6-7,11,13H,5,8-10,12H2,1-4H3,(H,23,26). The van der Waals surface area contributed by atoms with Crippen LogP contribution in [0.1, 0.15) is 35.8 Å². The smallest absolute Gasteiger partial charge is 0.262 e. The van der Waals surface area contributed by atoms with Crippen LogP contribution < -0.4 is 20.3 Å². The fourth-order valence-corrected chi connectivity index (χ4v) is 4.08. The molecular formula is C22H27N3O4S. The number of rotatable bonds is 9. The third-order valence-corrected chi connectivity index (χ3v) is 6.03. The molecule has 0 saturated heterocycles. The Bertz CT molecular complexity index is 1100. The van der Waals surface area contributed by atoms with Crippen LogP contribution in [0, 0.1) is 13.8 Å². The van der Waals surface area contributed by atoms with Crippen LogP contribution in [0.2, 0.25) is 0 Å². The zero-order chi connectivity index (χ0) is 21.7. The van der Waals surface area contributed by atoms with Crippen LogP contribution in [0.5, 0.6) is 11.5 Å². The highest BCUT2D eigenvalue weighted by Gasteiger charge is 2.13. The van der Waals surface area contributed by atoms with E-state index < -0.39 is 0 Å². The summed E-state index contributed by atoms with van der Waals surface area (Å²) in [6.07, 6.45) is 2.63. The molecule has 0 aliphatic rings. The van der Waals surface area contributed by atoms with Gasteiger partial charge in [-0.1, -0.05) is 13.0 Å². The first-order chi connectivity index (χ1) is 14.4. The Hall–Kier alpha value is -2.87. The van der Waals surface area contributed by atoms with Crippen molar-refractivity contribution in [3.63, 3.8) is 0 Å². The fourth-order valence-electron chi connectivity index (χ4n) is 3.09. The van der Waals surface area contributed by atoms with Crippen LogP contribution in [0.25, 0.3) is 10.2 Å². The van der Waals surface area contributed by atoms with E-state index in [0.29, 0.717) is 30.0 Å². The number of aromatic nitrogens is 2. The number of carbonyl (C=O) groups is 1. The lowest BCUT2D eigenvalue weighted by molar-refractivity contribution is -0.121. The van der Waals surface area contributed by atoms with E-state index in [0.717, 1.165) is 27.3 Å². The van der Waals surface area contributed by atoms with Gasteiger partial charge in [0.15, 0.2) is 11.5 Å². The highest BCUT2D eigenvalue weighted by Crippen LogP contribution is 2.28. The highest BCUT2D eigenvalue weighted by molar-refractivity contribution is 7.18. The van der Waals surface area contributed by atoms with Crippen LogP contribution in [0.15, 0.2) is 29.3 Å². The van der Waals surface area contributed by atoms with E-state index in [4.69, 9.17) is 9.47 Å². The van der Waals surface area contributed by atoms with Crippen LogP contribution in [-0.4, -0.2) is 29.2 Å². The Kier molecular flexibility index (Phi) is 7.10. The van der Waals surface area contributed by atoms with Gasteiger partial charge in [-0.15, -0.1) is 11.3 Å². The molecule has 1 aromatic carbocycles. The van der Waals surface area contributed by atoms with Crippen molar-refractivity contribution in [2.75, 3.05) is 13.7 Å². The summed E-state index contributed by atoms with van der Waals surface area (Å²) in [5.74, 6) is 1.20. The molecule has 0 aliphatic heterocycles. The summed E-state index contributed by atoms with van der Waals surface area (Å²) in [4.78, 5) is 31.2. The maximum atomic E-state index is 12.7. The Balaban J connectivity index is 1.59. The van der Waals surface area contributed by atoms with Gasteiger partial charge in [0, 0.05) is 24.4 Å². The largest absolute Gasteiger partial charge is 0.493 e. The summed E-state index contributed by atoms with van der Waals surface area (Å²) in [5, 5.41) is 3.54. The van der Waals surface area contributed by atoms with Gasteiger partial charge in [-0.05, 0) is 43.5 Å². The van der Waals surface area contributed by atoms with E-state index in [-0.39, 0.29) is 24.4 Å². The van der Waals surface area contributed by atoms with Gasteiger partial charge in [-0.25, -0.2) is 4.98 Å². The normalized spacial score (nSPS) is 10.9. The molecule has 160 valence electrons. The Morgan fingerprint density at radius 1 is 1.27 bits per heavy atom. The Morgan fingerprint density at radius 3 is 2.80 bits per heavy atom. The molecular weight excluding hydrogens is 402 g/mol. The van der Waals surface area contributed by atoms with E-state index in [1.807, 2.05) is 39.0 Å². The van der Waals surface area contributed by atoms with E-state index in [1.54, 1.807) is 7.11 Å². The van der Waals surface area contributed by atoms with Gasteiger partial charge < -0.3 is 14.8 Å². The summed E-state index contributed by atoms with van der Waals surface area (Å²) < 4.78 is 12.5. The van der Waals surface area contributed by atoms with Gasteiger partial charge in [0.05, 0.1) is 25.4 Å². The van der Waals surface area contributed by atoms with Gasteiger partial charge in [0.25, 0.3) is 5.56 Å². The minimum absolute atomic E-state index is 0.0953. The maximum absolute atomic E-state index is 12.7. The molecule has 0 fully saturated rings. The van der Waals surface area contributed by atoms with Gasteiger partial charge >= 0.3 is 0 Å². The number of methoxy groups -OCH3 is 1. The van der Waals surface area contributed by atoms with Crippen molar-refractivity contribution < 1.29 is 14.3 Å². The summed E-state index contributed by atoms with van der Waals surface area (Å²) in [6.45, 7) is 7.24. The summed E-state index contributed by atoms with van der Waals surface area (Å²) >= 11 is 1.52. The summed E-state index contributed by atoms with van der Waals surface area (Å²) in [7, 11) is 1.59. The van der Waals surface area contributed by atoms with E-state index in [1.165, 1.54) is 22.2 Å². The molecule has 0 radical (unpaired) electrons. The Morgan fingerprint density at radius 2 is 2.07 bits per heavy atom. The van der Waals surface area contributed by atoms with Gasteiger partial charge in [0.1, 0.15) is 4.83 Å². The number of ether oxygens (including phenoxy) is 2. The number of hydrogen-bond acceptors (Lipinski definition) is 6. The number of nitrogens with one attached hydrogen (secondary N) is 1. The lowest BCUT2D eigenvalue weighted by Crippen LogP contribution is -2.27. The minimum Gasteiger partial charge on any atom is -0.493 e. The van der Waals surface area contributed by atoms with Crippen molar-refractivity contribution in [3.05, 3.63) is 50.9 Å². The molecule has 30 heavy (non-hydrogen) atoms. The van der Waals surface area contributed by atoms with Crippen molar-refractivity contribution in [2.24, 2.45) is 0 Å². The number of aryl methyl sites for hydroxylation is 3. The maximum Gasteiger partial charge on any atom is 0.262 e. The number of fused-ring (bicyclic) bond motifs is 1. The third-order valence-electron chi connectivity index (χ3n) is 4.92. The van der Waals surface area contributed by atoms with Crippen molar-refractivity contribution in [1.29, 1.82) is 0 Å². The molecule has 8 heteroatoms. The van der Waals surface area contributed by atoms with Gasteiger partial charge in [-0.2, -0.15) is 0 Å². The lowest BCUT2D eigenvalue weighted by Gasteiger charge is -2.12. The molecule has 2 aromatic heterocycles. The highest BCUT2D eigenvalue weighted by atomic mass is 32.1. The number of thiophene rings is 1. The zero-order valence-electron chi connectivity index (χ0n) is 17.8. The quantitative estimate of drug-likeness (QED) is 0.562. The van der Waals surface area contributed by atoms with Crippen LogP contribution in [0.3, 0.4) is 0 Å². The molecule has 0 atom stereocenters. The number of carbonyl (C=O) groups excluding carboxylic acids is 1. The minimum atomic E-state index is -0.134. The predicted molar refractivity (Wildman–Crippen MR) is 119 cm³/mol. The number of hydrogen-bond donors (Lipinski definition) is 1. The number of nitrogens with zero attached hydrogens (tertiary/aromatic N) is 2. The third kappa shape index (κ3) is 4.81. The average molecular weight is 430 g/mol. The predicted octanol–water partition coefficient (Wildman–Crippen LogP) is 3.58. The monoisotopic (exact) mass is 429 g/mol. The zero-order valence-corrected chi connectivity index (χ0v) is 18.6. The second-order valence-electron chi connectivity index (χ2n) is 7.07. The lowest BCUT2D eigenvalue weighted by atomic mass is 10.2. The van der Waals surface area contributed by atoms with Gasteiger partial charge in [-0.3, -0.25) is 14.2 Å². The topological polar surface area (TPSA) is 82.5 Å². The second-order valence-corrected chi connectivity index (χ2v) is 8.27. The molecule has 1 amide bonds. The molecule has 1 N–H and O–H groups in total. The first-order valence-corrected chi connectivity index (χ1v) is 10.8. The van der Waals surface area contributed by atoms with Crippen molar-refractivity contribution in [2.45, 2.75) is 46.7 Å². The molecule has 0 bridgehead atoms. The molecule has 2 heterocycles. The van der Waals surface area contributed by atoms with E-state index >= 15 is 0 Å². The van der Waals surface area contributed by atoms with Crippen molar-refractivity contribution in [3.8, 4) is 11.5 Å². The van der Waals surface area contributed by atoms with E-state index in [9.17, 15) is 9.59 Å². The Labute approximate surface area is 179 Å². The summed E-state index contributed by atoms with van der Waals surface area (Å²) in [6, 6.07) is 5.61. The van der Waals surface area contributed by atoms with E-state index in [2.05, 4.69) is 10.3 Å². The molecule has 3 rings (SSSR count). The van der Waals surface area contributed by atoms with Crippen LogP contribution in [-0.2, 0) is 17.9 Å². The first-order valence-electron chi connectivity index (χ1n) is 9.96. The summed E-state index contributed by atoms with van der Waals surface area (Å²) in [5.41, 5.74) is 1.78. The molecule has 7 nitrogen and oxygen atoms in total. The fraction of sp³-hybridized carbons (Fsp3) is 0.409. The first kappa shape index (κ1) is 21.8. The van der Waals surface area contributed by atoms with Gasteiger partial charge in [0.2, 0.25) is 5.91 Å². The molecule has 3 aromatic rings. The number of amides is 1. The van der Waals surface area contributed by atoms with Crippen LogP contribution in [0.4, 0.5) is 0 Å². The average Bonchev–Trinajstić information content (AvgIpc) is 3.04. The number of benzene rings is 1. The van der Waals surface area contributed by atoms with Crippen molar-refractivity contribution in [1.82, 2.24) is 14.9 Å². The molecule has 0 spiro atoms. The second kappa shape index (κ2) is 9.75. The molecule has 0 aliphatic carbocycles. The molecule has 0 unspecified atom stereocenters.